The Morgan fingerprint density at radius 2 is 2.07 bits per heavy atom. The molecule has 8 heteroatoms. The average molecular weight is 387 g/mol. The van der Waals surface area contributed by atoms with Gasteiger partial charge in [0.15, 0.2) is 11.6 Å². The highest BCUT2D eigenvalue weighted by Gasteiger charge is 2.27. The molecular weight excluding hydrogens is 361 g/mol. The maximum atomic E-state index is 14.2. The molecule has 0 aliphatic carbocycles. The first-order chi connectivity index (χ1) is 13.3. The Labute approximate surface area is 164 Å². The molecule has 1 aliphatic rings. The van der Waals surface area contributed by atoms with Crippen LogP contribution in [-0.2, 0) is 4.79 Å². The summed E-state index contributed by atoms with van der Waals surface area (Å²) in [5.74, 6) is 1.05. The maximum absolute atomic E-state index is 14.2. The lowest BCUT2D eigenvalue weighted by atomic mass is 10.1. The fraction of sp³-hybridized carbons (Fsp3) is 0.450. The van der Waals surface area contributed by atoms with Crippen molar-refractivity contribution in [2.75, 3.05) is 37.0 Å². The van der Waals surface area contributed by atoms with Gasteiger partial charge in [-0.3, -0.25) is 4.79 Å². The predicted octanol–water partition coefficient (Wildman–Crippen LogP) is 2.54. The predicted molar refractivity (Wildman–Crippen MR) is 106 cm³/mol. The summed E-state index contributed by atoms with van der Waals surface area (Å²) in [6, 6.07) is 7.61. The lowest BCUT2D eigenvalue weighted by Crippen LogP contribution is -2.27. The van der Waals surface area contributed by atoms with E-state index in [-0.39, 0.29) is 18.1 Å². The summed E-state index contributed by atoms with van der Waals surface area (Å²) in [5.41, 5.74) is 1.01. The van der Waals surface area contributed by atoms with E-state index in [2.05, 4.69) is 15.3 Å². The van der Waals surface area contributed by atoms with Gasteiger partial charge in [0, 0.05) is 34.0 Å². The number of carbonyl (C=O) groups excluding carboxylic acids is 1. The molecule has 3 rings (SSSR count). The molecule has 0 bridgehead atoms. The van der Waals surface area contributed by atoms with E-state index >= 15 is 0 Å². The summed E-state index contributed by atoms with van der Waals surface area (Å²) >= 11 is 0. The molecule has 2 aromatic rings. The van der Waals surface area contributed by atoms with Crippen LogP contribution in [0.1, 0.15) is 31.9 Å². The highest BCUT2D eigenvalue weighted by atomic mass is 19.1. The van der Waals surface area contributed by atoms with Crippen molar-refractivity contribution in [3.63, 3.8) is 0 Å². The Kier molecular flexibility index (Phi) is 5.96. The van der Waals surface area contributed by atoms with Gasteiger partial charge in [0.1, 0.15) is 11.9 Å². The molecule has 1 aromatic carbocycles. The topological polar surface area (TPSA) is 70.6 Å². The van der Waals surface area contributed by atoms with Crippen LogP contribution in [0.25, 0.3) is 0 Å². The third-order valence-corrected chi connectivity index (χ3v) is 4.66. The zero-order chi connectivity index (χ0) is 20.3. The monoisotopic (exact) mass is 387 g/mol. The van der Waals surface area contributed by atoms with Gasteiger partial charge in [0.2, 0.25) is 11.9 Å². The van der Waals surface area contributed by atoms with E-state index in [0.717, 1.165) is 17.7 Å². The quantitative estimate of drug-likeness (QED) is 0.821. The zero-order valence-corrected chi connectivity index (χ0v) is 16.6. The van der Waals surface area contributed by atoms with Crippen LogP contribution in [0.2, 0.25) is 0 Å². The fourth-order valence-corrected chi connectivity index (χ4v) is 3.22. The second kappa shape index (κ2) is 8.41. The normalized spacial score (nSPS) is 17.3. The largest absolute Gasteiger partial charge is 0.489 e. The number of rotatable bonds is 6. The van der Waals surface area contributed by atoms with E-state index in [1.807, 2.05) is 50.2 Å². The summed E-state index contributed by atoms with van der Waals surface area (Å²) in [6.45, 7) is 4.67. The molecule has 150 valence electrons. The molecule has 2 heterocycles. The van der Waals surface area contributed by atoms with Gasteiger partial charge in [-0.1, -0.05) is 12.1 Å². The lowest BCUT2D eigenvalue weighted by Gasteiger charge is -2.20. The SMILES string of the molecule is CC(=O)NC(C)c1ccc(O[C@@H]2CCN(c3nc(N(C)C)ncc3F)C2)cc1. The minimum atomic E-state index is -0.428. The molecule has 1 saturated heterocycles. The van der Waals surface area contributed by atoms with Crippen LogP contribution in [0.4, 0.5) is 16.2 Å². The molecule has 1 N–H and O–H groups in total. The van der Waals surface area contributed by atoms with Crippen LogP contribution in [-0.4, -0.2) is 49.2 Å². The van der Waals surface area contributed by atoms with E-state index in [0.29, 0.717) is 24.9 Å². The van der Waals surface area contributed by atoms with Gasteiger partial charge < -0.3 is 19.9 Å². The van der Waals surface area contributed by atoms with Gasteiger partial charge in [-0.25, -0.2) is 9.37 Å². The minimum absolute atomic E-state index is 0.0456. The number of aromatic nitrogens is 2. The number of hydrogen-bond acceptors (Lipinski definition) is 6. The van der Waals surface area contributed by atoms with Gasteiger partial charge in [0.25, 0.3) is 0 Å². The Morgan fingerprint density at radius 3 is 2.71 bits per heavy atom. The molecule has 7 nitrogen and oxygen atoms in total. The summed E-state index contributed by atoms with van der Waals surface area (Å²) in [7, 11) is 3.65. The second-order valence-corrected chi connectivity index (χ2v) is 7.20. The van der Waals surface area contributed by atoms with Crippen molar-refractivity contribution in [1.82, 2.24) is 15.3 Å². The van der Waals surface area contributed by atoms with E-state index in [1.165, 1.54) is 13.1 Å². The van der Waals surface area contributed by atoms with Crippen molar-refractivity contribution in [1.29, 1.82) is 0 Å². The highest BCUT2D eigenvalue weighted by Crippen LogP contribution is 2.26. The van der Waals surface area contributed by atoms with Crippen molar-refractivity contribution >= 4 is 17.7 Å². The van der Waals surface area contributed by atoms with Gasteiger partial charge in [0.05, 0.1) is 18.8 Å². The Balaban J connectivity index is 1.62. The van der Waals surface area contributed by atoms with Crippen molar-refractivity contribution in [3.8, 4) is 5.75 Å². The van der Waals surface area contributed by atoms with Gasteiger partial charge in [-0.15, -0.1) is 0 Å². The standard InChI is InChI=1S/C20H26FN5O2/c1-13(23-14(2)27)15-5-7-16(8-6-15)28-17-9-10-26(12-17)19-18(21)11-22-20(24-19)25(3)4/h5-8,11,13,17H,9-10,12H2,1-4H3,(H,23,27)/t13?,17-/m1/s1. The van der Waals surface area contributed by atoms with Crippen LogP contribution >= 0.6 is 0 Å². The van der Waals surface area contributed by atoms with Gasteiger partial charge >= 0.3 is 0 Å². The van der Waals surface area contributed by atoms with Crippen molar-refractivity contribution in [2.24, 2.45) is 0 Å². The third-order valence-electron chi connectivity index (χ3n) is 4.66. The van der Waals surface area contributed by atoms with Gasteiger partial charge in [-0.2, -0.15) is 4.98 Å². The zero-order valence-electron chi connectivity index (χ0n) is 16.6. The Bertz CT molecular complexity index is 828. The number of halogens is 1. The first-order valence-electron chi connectivity index (χ1n) is 9.32. The Morgan fingerprint density at radius 1 is 1.36 bits per heavy atom. The van der Waals surface area contributed by atoms with Crippen LogP contribution < -0.4 is 19.9 Å². The number of benzene rings is 1. The Hall–Kier alpha value is -2.90. The van der Waals surface area contributed by atoms with Crippen molar-refractivity contribution < 1.29 is 13.9 Å². The molecule has 2 atom stereocenters. The van der Waals surface area contributed by atoms with Crippen LogP contribution in [0.5, 0.6) is 5.75 Å². The van der Waals surface area contributed by atoms with Crippen LogP contribution in [0, 0.1) is 5.82 Å². The number of anilines is 2. The summed E-state index contributed by atoms with van der Waals surface area (Å²) < 4.78 is 20.2. The van der Waals surface area contributed by atoms with E-state index < -0.39 is 5.82 Å². The molecule has 1 unspecified atom stereocenters. The third kappa shape index (κ3) is 4.68. The smallest absolute Gasteiger partial charge is 0.226 e. The van der Waals surface area contributed by atoms with Crippen molar-refractivity contribution in [2.45, 2.75) is 32.4 Å². The number of ether oxygens (including phenoxy) is 1. The van der Waals surface area contributed by atoms with E-state index in [4.69, 9.17) is 4.74 Å². The number of amides is 1. The molecule has 1 aliphatic heterocycles. The van der Waals surface area contributed by atoms with E-state index in [1.54, 1.807) is 4.90 Å². The lowest BCUT2D eigenvalue weighted by molar-refractivity contribution is -0.119. The molecule has 0 saturated carbocycles. The summed E-state index contributed by atoms with van der Waals surface area (Å²) in [5, 5.41) is 2.86. The molecule has 1 amide bonds. The number of nitrogens with one attached hydrogen (secondary N) is 1. The highest BCUT2D eigenvalue weighted by molar-refractivity contribution is 5.73. The number of nitrogens with zero attached hydrogens (tertiary/aromatic N) is 4. The molecule has 0 spiro atoms. The average Bonchev–Trinajstić information content (AvgIpc) is 3.10. The van der Waals surface area contributed by atoms with Gasteiger partial charge in [-0.05, 0) is 24.6 Å². The second-order valence-electron chi connectivity index (χ2n) is 7.20. The number of hydrogen-bond donors (Lipinski definition) is 1. The fourth-order valence-electron chi connectivity index (χ4n) is 3.22. The number of carbonyl (C=O) groups is 1. The van der Waals surface area contributed by atoms with E-state index in [9.17, 15) is 9.18 Å². The van der Waals surface area contributed by atoms with Crippen LogP contribution in [0.15, 0.2) is 30.5 Å². The maximum Gasteiger partial charge on any atom is 0.226 e. The molecule has 1 fully saturated rings. The minimum Gasteiger partial charge on any atom is -0.489 e. The first-order valence-corrected chi connectivity index (χ1v) is 9.32. The molecule has 1 aromatic heterocycles. The molecular formula is C20H26FN5O2. The van der Waals surface area contributed by atoms with Crippen LogP contribution in [0.3, 0.4) is 0 Å². The summed E-state index contributed by atoms with van der Waals surface area (Å²) in [6.07, 6.45) is 1.95. The molecule has 0 radical (unpaired) electrons. The first kappa shape index (κ1) is 19.9. The molecule has 28 heavy (non-hydrogen) atoms. The van der Waals surface area contributed by atoms with Crippen molar-refractivity contribution in [3.05, 3.63) is 41.8 Å². The summed E-state index contributed by atoms with van der Waals surface area (Å²) in [4.78, 5) is 23.1.